The van der Waals surface area contributed by atoms with E-state index in [2.05, 4.69) is 4.72 Å². The van der Waals surface area contributed by atoms with Gasteiger partial charge in [-0.2, -0.15) is 0 Å². The van der Waals surface area contributed by atoms with Crippen molar-refractivity contribution in [3.8, 4) is 0 Å². The average molecular weight is 420 g/mol. The monoisotopic (exact) mass is 419 g/mol. The molecule has 0 bridgehead atoms. The number of rotatable bonds is 6. The Morgan fingerprint density at radius 3 is 2.62 bits per heavy atom. The van der Waals surface area contributed by atoms with E-state index in [0.29, 0.717) is 5.69 Å². The summed E-state index contributed by atoms with van der Waals surface area (Å²) in [4.78, 5) is 6.22. The largest absolute Gasteiger partial charge is 0.370 e. The molecule has 0 saturated carbocycles. The highest BCUT2D eigenvalue weighted by Gasteiger charge is 2.17. The molecule has 1 aromatic heterocycles. The third-order valence-corrected chi connectivity index (χ3v) is 6.65. The van der Waals surface area contributed by atoms with Crippen molar-refractivity contribution in [1.29, 1.82) is 0 Å². The fourth-order valence-electron chi connectivity index (χ4n) is 3.56. The summed E-state index contributed by atoms with van der Waals surface area (Å²) in [6, 6.07) is 10.0. The molecule has 0 amide bonds. The van der Waals surface area contributed by atoms with Crippen LogP contribution in [-0.4, -0.2) is 50.8 Å². The van der Waals surface area contributed by atoms with Crippen molar-refractivity contribution in [2.24, 2.45) is 7.05 Å². The molecule has 0 radical (unpaired) electrons. The maximum atomic E-state index is 13.1. The van der Waals surface area contributed by atoms with Gasteiger partial charge in [0.2, 0.25) is 0 Å². The molecule has 0 aliphatic carbocycles. The van der Waals surface area contributed by atoms with Crippen molar-refractivity contribution < 1.29 is 22.4 Å². The minimum absolute atomic E-state index is 0.00851. The van der Waals surface area contributed by atoms with Gasteiger partial charge >= 0.3 is 0 Å². The quantitative estimate of drug-likeness (QED) is 0.624. The van der Waals surface area contributed by atoms with E-state index in [1.807, 2.05) is 17.7 Å². The molecule has 2 N–H and O–H groups in total. The van der Waals surface area contributed by atoms with Gasteiger partial charge in [-0.25, -0.2) is 17.8 Å². The molecule has 1 fully saturated rings. The van der Waals surface area contributed by atoms with E-state index in [4.69, 9.17) is 9.72 Å². The number of hydrogen-bond donors (Lipinski definition) is 2. The minimum atomic E-state index is -3.79. The van der Waals surface area contributed by atoms with Crippen molar-refractivity contribution in [3.05, 3.63) is 54.1 Å². The molecule has 0 spiro atoms. The summed E-state index contributed by atoms with van der Waals surface area (Å²) in [6.07, 6.45) is 0.844. The standard InChI is InChI=1S/C20H23FN4O3S/c1-24-19-7-4-16(23-29(26,27)17-5-2-15(21)3-6-17)14-18(19)22-20(24)8-9-25-10-12-28-13-11-25/h2-7,14,23H,8-13H2,1H3/p+1. The zero-order valence-corrected chi connectivity index (χ0v) is 17.0. The van der Waals surface area contributed by atoms with E-state index in [9.17, 15) is 12.8 Å². The topological polar surface area (TPSA) is 77.7 Å². The summed E-state index contributed by atoms with van der Waals surface area (Å²) < 4.78 is 48.1. The van der Waals surface area contributed by atoms with Crippen LogP contribution in [-0.2, 0) is 28.2 Å². The lowest BCUT2D eigenvalue weighted by Gasteiger charge is -2.23. The number of anilines is 1. The molecule has 4 rings (SSSR count). The first kappa shape index (κ1) is 19.8. The summed E-state index contributed by atoms with van der Waals surface area (Å²) in [5.41, 5.74) is 2.10. The Morgan fingerprint density at radius 2 is 1.90 bits per heavy atom. The van der Waals surface area contributed by atoms with Gasteiger partial charge < -0.3 is 14.2 Å². The van der Waals surface area contributed by atoms with Crippen LogP contribution in [0.4, 0.5) is 10.1 Å². The molecule has 2 heterocycles. The third kappa shape index (κ3) is 4.42. The number of aryl methyl sites for hydroxylation is 1. The Bertz CT molecular complexity index is 1110. The van der Waals surface area contributed by atoms with Gasteiger partial charge in [-0.1, -0.05) is 0 Å². The molecular weight excluding hydrogens is 395 g/mol. The van der Waals surface area contributed by atoms with Gasteiger partial charge in [-0.15, -0.1) is 0 Å². The fourth-order valence-corrected chi connectivity index (χ4v) is 4.61. The summed E-state index contributed by atoms with van der Waals surface area (Å²) in [5.74, 6) is 0.489. The number of quaternary nitrogens is 1. The number of hydrogen-bond acceptors (Lipinski definition) is 4. The van der Waals surface area contributed by atoms with Crippen molar-refractivity contribution in [3.63, 3.8) is 0 Å². The summed E-state index contributed by atoms with van der Waals surface area (Å²) >= 11 is 0. The molecule has 0 atom stereocenters. The fraction of sp³-hybridized carbons (Fsp3) is 0.350. The number of fused-ring (bicyclic) bond motifs is 1. The summed E-state index contributed by atoms with van der Waals surface area (Å²) in [5, 5.41) is 0. The predicted molar refractivity (Wildman–Crippen MR) is 108 cm³/mol. The molecular formula is C20H24FN4O3S+. The van der Waals surface area contributed by atoms with Gasteiger partial charge in [-0.3, -0.25) is 4.72 Å². The molecule has 1 aliphatic heterocycles. The molecule has 9 heteroatoms. The lowest BCUT2D eigenvalue weighted by atomic mass is 10.3. The molecule has 0 unspecified atom stereocenters. The van der Waals surface area contributed by atoms with E-state index < -0.39 is 15.8 Å². The van der Waals surface area contributed by atoms with Gasteiger partial charge in [0.1, 0.15) is 24.7 Å². The Kier molecular flexibility index (Phi) is 5.53. The molecule has 7 nitrogen and oxygen atoms in total. The van der Waals surface area contributed by atoms with E-state index in [0.717, 1.165) is 68.3 Å². The predicted octanol–water partition coefficient (Wildman–Crippen LogP) is 0.971. The number of imidazole rings is 1. The van der Waals surface area contributed by atoms with Crippen LogP contribution < -0.4 is 9.62 Å². The highest BCUT2D eigenvalue weighted by atomic mass is 32.2. The second-order valence-electron chi connectivity index (χ2n) is 7.21. The number of nitrogens with one attached hydrogen (secondary N) is 2. The van der Waals surface area contributed by atoms with Crippen molar-refractivity contribution in [2.45, 2.75) is 11.3 Å². The minimum Gasteiger partial charge on any atom is -0.370 e. The van der Waals surface area contributed by atoms with Crippen LogP contribution in [0.25, 0.3) is 11.0 Å². The van der Waals surface area contributed by atoms with E-state index >= 15 is 0 Å². The number of benzene rings is 2. The first-order valence-electron chi connectivity index (χ1n) is 9.57. The van der Waals surface area contributed by atoms with Gasteiger partial charge in [0.15, 0.2) is 0 Å². The lowest BCUT2D eigenvalue weighted by molar-refractivity contribution is -0.907. The molecule has 3 aromatic rings. The van der Waals surface area contributed by atoms with Crippen LogP contribution in [0.2, 0.25) is 0 Å². The lowest BCUT2D eigenvalue weighted by Crippen LogP contribution is -3.14. The second kappa shape index (κ2) is 8.10. The van der Waals surface area contributed by atoms with E-state index in [1.54, 1.807) is 12.1 Å². The average Bonchev–Trinajstić information content (AvgIpc) is 3.02. The van der Waals surface area contributed by atoms with Crippen LogP contribution in [0.1, 0.15) is 5.82 Å². The highest BCUT2D eigenvalue weighted by Crippen LogP contribution is 2.22. The third-order valence-electron chi connectivity index (χ3n) is 5.25. The maximum Gasteiger partial charge on any atom is 0.261 e. The molecule has 1 saturated heterocycles. The number of sulfonamides is 1. The van der Waals surface area contributed by atoms with Crippen LogP contribution >= 0.6 is 0 Å². The number of aromatic nitrogens is 2. The molecule has 1 aliphatic rings. The summed E-state index contributed by atoms with van der Waals surface area (Å²) in [6.45, 7) is 4.62. The Hall–Kier alpha value is -2.49. The first-order valence-corrected chi connectivity index (χ1v) is 11.1. The van der Waals surface area contributed by atoms with Crippen molar-refractivity contribution in [1.82, 2.24) is 9.55 Å². The Balaban J connectivity index is 1.52. The van der Waals surface area contributed by atoms with Gasteiger partial charge in [-0.05, 0) is 42.5 Å². The van der Waals surface area contributed by atoms with Crippen LogP contribution in [0.5, 0.6) is 0 Å². The van der Waals surface area contributed by atoms with E-state index in [-0.39, 0.29) is 4.90 Å². The Morgan fingerprint density at radius 1 is 1.17 bits per heavy atom. The number of nitrogens with zero attached hydrogens (tertiary/aromatic N) is 2. The smallest absolute Gasteiger partial charge is 0.261 e. The molecule has 154 valence electrons. The second-order valence-corrected chi connectivity index (χ2v) is 8.89. The zero-order chi connectivity index (χ0) is 20.4. The van der Waals surface area contributed by atoms with Gasteiger partial charge in [0.05, 0.1) is 47.8 Å². The molecule has 29 heavy (non-hydrogen) atoms. The van der Waals surface area contributed by atoms with Crippen LogP contribution in [0.3, 0.4) is 0 Å². The normalized spacial score (nSPS) is 15.7. The molecule has 2 aromatic carbocycles. The number of ether oxygens (including phenoxy) is 1. The summed E-state index contributed by atoms with van der Waals surface area (Å²) in [7, 11) is -1.82. The van der Waals surface area contributed by atoms with Crippen molar-refractivity contribution in [2.75, 3.05) is 37.6 Å². The van der Waals surface area contributed by atoms with Crippen LogP contribution in [0, 0.1) is 5.82 Å². The van der Waals surface area contributed by atoms with E-state index in [1.165, 1.54) is 17.0 Å². The number of morpholine rings is 1. The van der Waals surface area contributed by atoms with Crippen molar-refractivity contribution >= 4 is 26.7 Å². The first-order chi connectivity index (χ1) is 13.9. The van der Waals surface area contributed by atoms with Gasteiger partial charge in [0.25, 0.3) is 10.0 Å². The zero-order valence-electron chi connectivity index (χ0n) is 16.2. The number of halogens is 1. The van der Waals surface area contributed by atoms with Gasteiger partial charge in [0, 0.05) is 7.05 Å². The SMILES string of the molecule is Cn1c(CC[NH+]2CCOCC2)nc2cc(NS(=O)(=O)c3ccc(F)cc3)ccc21. The Labute approximate surface area is 169 Å². The highest BCUT2D eigenvalue weighted by molar-refractivity contribution is 7.92. The van der Waals surface area contributed by atoms with Crippen LogP contribution in [0.15, 0.2) is 47.4 Å². The maximum absolute atomic E-state index is 13.1.